The van der Waals surface area contributed by atoms with Gasteiger partial charge in [-0.2, -0.15) is 0 Å². The van der Waals surface area contributed by atoms with Gasteiger partial charge in [0.25, 0.3) is 0 Å². The van der Waals surface area contributed by atoms with Crippen molar-refractivity contribution < 1.29 is 4.74 Å². The summed E-state index contributed by atoms with van der Waals surface area (Å²) in [6.07, 6.45) is 1.11. The average Bonchev–Trinajstić information content (AvgIpc) is 2.52. The molecule has 1 heterocycles. The first kappa shape index (κ1) is 16.3. The number of rotatable bonds is 7. The van der Waals surface area contributed by atoms with Gasteiger partial charge in [0.05, 0.1) is 6.61 Å². The van der Waals surface area contributed by atoms with E-state index in [2.05, 4.69) is 54.8 Å². The lowest BCUT2D eigenvalue weighted by atomic mass is 10.0. The van der Waals surface area contributed by atoms with Crippen LogP contribution in [0.1, 0.15) is 38.7 Å². The summed E-state index contributed by atoms with van der Waals surface area (Å²) < 4.78 is 5.89. The summed E-state index contributed by atoms with van der Waals surface area (Å²) in [6.45, 7) is 14.7. The van der Waals surface area contributed by atoms with Gasteiger partial charge in [-0.05, 0) is 36.6 Å². The van der Waals surface area contributed by atoms with Crippen molar-refractivity contribution in [1.82, 2.24) is 9.80 Å². The van der Waals surface area contributed by atoms with Crippen molar-refractivity contribution in [2.75, 3.05) is 45.9 Å². The molecule has 3 heteroatoms. The molecule has 0 atom stereocenters. The summed E-state index contributed by atoms with van der Waals surface area (Å²) in [4.78, 5) is 5.07. The summed E-state index contributed by atoms with van der Waals surface area (Å²) in [7, 11) is 0. The maximum absolute atomic E-state index is 5.89. The molecule has 0 amide bonds. The summed E-state index contributed by atoms with van der Waals surface area (Å²) in [5.74, 6) is 1.57. The molecule has 0 radical (unpaired) electrons. The third-order valence-electron chi connectivity index (χ3n) is 4.32. The monoisotopic (exact) mass is 290 g/mol. The molecule has 1 aromatic rings. The van der Waals surface area contributed by atoms with Crippen molar-refractivity contribution in [1.29, 1.82) is 0 Å². The quantitative estimate of drug-likeness (QED) is 0.717. The lowest BCUT2D eigenvalue weighted by Crippen LogP contribution is -2.46. The molecule has 3 nitrogen and oxygen atoms in total. The van der Waals surface area contributed by atoms with E-state index in [1.165, 1.54) is 38.3 Å². The van der Waals surface area contributed by atoms with Gasteiger partial charge in [-0.1, -0.05) is 32.9 Å². The predicted octanol–water partition coefficient (Wildman–Crippen LogP) is 3.22. The molecule has 1 aliphatic rings. The van der Waals surface area contributed by atoms with Crippen molar-refractivity contribution in [3.05, 3.63) is 29.8 Å². The predicted molar refractivity (Wildman–Crippen MR) is 89.2 cm³/mol. The van der Waals surface area contributed by atoms with Crippen LogP contribution in [0.4, 0.5) is 0 Å². The molecule has 1 aromatic carbocycles. The van der Waals surface area contributed by atoms with Crippen molar-refractivity contribution >= 4 is 0 Å². The van der Waals surface area contributed by atoms with Crippen molar-refractivity contribution in [2.24, 2.45) is 0 Å². The van der Waals surface area contributed by atoms with E-state index in [1.807, 2.05) is 0 Å². The smallest absolute Gasteiger partial charge is 0.119 e. The molecule has 1 saturated heterocycles. The first-order valence-corrected chi connectivity index (χ1v) is 8.36. The fourth-order valence-corrected chi connectivity index (χ4v) is 2.77. The van der Waals surface area contributed by atoms with Gasteiger partial charge in [-0.25, -0.2) is 0 Å². The van der Waals surface area contributed by atoms with Crippen molar-refractivity contribution in [3.63, 3.8) is 0 Å². The molecule has 0 bridgehead atoms. The van der Waals surface area contributed by atoms with Crippen LogP contribution in [0, 0.1) is 0 Å². The zero-order chi connectivity index (χ0) is 15.1. The van der Waals surface area contributed by atoms with Gasteiger partial charge in [0.2, 0.25) is 0 Å². The summed E-state index contributed by atoms with van der Waals surface area (Å²) in [6, 6.07) is 8.50. The van der Waals surface area contributed by atoms with E-state index in [0.717, 1.165) is 25.3 Å². The first-order valence-electron chi connectivity index (χ1n) is 8.36. The topological polar surface area (TPSA) is 15.7 Å². The van der Waals surface area contributed by atoms with E-state index in [-0.39, 0.29) is 0 Å². The van der Waals surface area contributed by atoms with Gasteiger partial charge in [0.15, 0.2) is 0 Å². The molecule has 0 N–H and O–H groups in total. The van der Waals surface area contributed by atoms with Crippen LogP contribution in [-0.2, 0) is 0 Å². The number of hydrogen-bond acceptors (Lipinski definition) is 3. The molecule has 0 saturated carbocycles. The summed E-state index contributed by atoms with van der Waals surface area (Å²) >= 11 is 0. The van der Waals surface area contributed by atoms with E-state index in [4.69, 9.17) is 4.74 Å². The molecule has 1 aliphatic heterocycles. The van der Waals surface area contributed by atoms with Crippen molar-refractivity contribution in [2.45, 2.75) is 33.1 Å². The number of ether oxygens (including phenoxy) is 1. The highest BCUT2D eigenvalue weighted by Crippen LogP contribution is 2.20. The zero-order valence-corrected chi connectivity index (χ0v) is 13.8. The minimum Gasteiger partial charge on any atom is -0.494 e. The van der Waals surface area contributed by atoms with Gasteiger partial charge in [-0.15, -0.1) is 0 Å². The molecule has 0 aliphatic carbocycles. The SMILES string of the molecule is CCN1CCN(CCCOc2cccc(C(C)C)c2)CC1. The fourth-order valence-electron chi connectivity index (χ4n) is 2.77. The minimum atomic E-state index is 0.559. The maximum Gasteiger partial charge on any atom is 0.119 e. The summed E-state index contributed by atoms with van der Waals surface area (Å²) in [5.41, 5.74) is 1.35. The standard InChI is InChI=1S/C18H30N2O/c1-4-19-10-12-20(13-11-19)9-6-14-21-18-8-5-7-17(15-18)16(2)3/h5,7-8,15-16H,4,6,9-14H2,1-3H3. The second kappa shape index (κ2) is 8.40. The largest absolute Gasteiger partial charge is 0.494 e. The highest BCUT2D eigenvalue weighted by Gasteiger charge is 2.14. The molecule has 2 rings (SSSR count). The molecule has 21 heavy (non-hydrogen) atoms. The second-order valence-electron chi connectivity index (χ2n) is 6.21. The van der Waals surface area contributed by atoms with Crippen molar-refractivity contribution in [3.8, 4) is 5.75 Å². The van der Waals surface area contributed by atoms with Gasteiger partial charge < -0.3 is 14.5 Å². The molecular formula is C18H30N2O. The van der Waals surface area contributed by atoms with Crippen LogP contribution in [0.3, 0.4) is 0 Å². The van der Waals surface area contributed by atoms with E-state index in [9.17, 15) is 0 Å². The average molecular weight is 290 g/mol. The number of hydrogen-bond donors (Lipinski definition) is 0. The van der Waals surface area contributed by atoms with Crippen LogP contribution in [0.25, 0.3) is 0 Å². The van der Waals surface area contributed by atoms with Gasteiger partial charge in [-0.3, -0.25) is 0 Å². The van der Waals surface area contributed by atoms with Crippen LogP contribution in [0.5, 0.6) is 5.75 Å². The zero-order valence-electron chi connectivity index (χ0n) is 13.8. The molecule has 1 fully saturated rings. The highest BCUT2D eigenvalue weighted by molar-refractivity contribution is 5.30. The van der Waals surface area contributed by atoms with E-state index >= 15 is 0 Å². The van der Waals surface area contributed by atoms with E-state index < -0.39 is 0 Å². The molecule has 118 valence electrons. The van der Waals surface area contributed by atoms with Crippen LogP contribution in [0.15, 0.2) is 24.3 Å². The second-order valence-corrected chi connectivity index (χ2v) is 6.21. The molecule has 0 spiro atoms. The Kier molecular flexibility index (Phi) is 6.52. The molecule has 0 unspecified atom stereocenters. The Morgan fingerprint density at radius 2 is 1.81 bits per heavy atom. The number of benzene rings is 1. The lowest BCUT2D eigenvalue weighted by Gasteiger charge is -2.33. The fraction of sp³-hybridized carbons (Fsp3) is 0.667. The number of likely N-dealkylation sites (N-methyl/N-ethyl adjacent to an activating group) is 1. The van der Waals surface area contributed by atoms with Gasteiger partial charge >= 0.3 is 0 Å². The number of piperazine rings is 1. The van der Waals surface area contributed by atoms with Crippen LogP contribution in [0.2, 0.25) is 0 Å². The maximum atomic E-state index is 5.89. The third kappa shape index (κ3) is 5.33. The van der Waals surface area contributed by atoms with Gasteiger partial charge in [0, 0.05) is 32.7 Å². The van der Waals surface area contributed by atoms with Gasteiger partial charge in [0.1, 0.15) is 5.75 Å². The van der Waals surface area contributed by atoms with E-state index in [0.29, 0.717) is 5.92 Å². The summed E-state index contributed by atoms with van der Waals surface area (Å²) in [5, 5.41) is 0. The van der Waals surface area contributed by atoms with Crippen LogP contribution < -0.4 is 4.74 Å². The third-order valence-corrected chi connectivity index (χ3v) is 4.32. The molecular weight excluding hydrogens is 260 g/mol. The lowest BCUT2D eigenvalue weighted by molar-refractivity contribution is 0.130. The normalized spacial score (nSPS) is 17.3. The Hall–Kier alpha value is -1.06. The Morgan fingerprint density at radius 3 is 2.48 bits per heavy atom. The Morgan fingerprint density at radius 1 is 1.10 bits per heavy atom. The first-order chi connectivity index (χ1) is 10.2. The molecule has 0 aromatic heterocycles. The van der Waals surface area contributed by atoms with E-state index in [1.54, 1.807) is 0 Å². The Balaban J connectivity index is 1.65. The minimum absolute atomic E-state index is 0.559. The Labute approximate surface area is 129 Å². The van der Waals surface area contributed by atoms with Crippen LogP contribution >= 0.6 is 0 Å². The highest BCUT2D eigenvalue weighted by atomic mass is 16.5. The van der Waals surface area contributed by atoms with Crippen LogP contribution in [-0.4, -0.2) is 55.7 Å². The number of nitrogens with zero attached hydrogens (tertiary/aromatic N) is 2. The Bertz CT molecular complexity index is 411.